The zero-order valence-electron chi connectivity index (χ0n) is 12.7. The van der Waals surface area contributed by atoms with Gasteiger partial charge in [0.05, 0.1) is 12.8 Å². The van der Waals surface area contributed by atoms with E-state index < -0.39 is 0 Å². The van der Waals surface area contributed by atoms with Crippen molar-refractivity contribution in [1.82, 2.24) is 15.0 Å². The third kappa shape index (κ3) is 2.53. The lowest BCUT2D eigenvalue weighted by Crippen LogP contribution is -2.02. The standard InChI is InChI=1S/C17H18N4O/c1-3-12-7-9-13(10-8-12)16-17(18)21(20-19-16)14-5-4-6-15(11-14)22-2/h4-11H,3,18H2,1-2H3. The predicted octanol–water partition coefficient (Wildman–Crippen LogP) is 3.09. The number of nitrogen functional groups attached to an aromatic ring is 1. The van der Waals surface area contributed by atoms with Gasteiger partial charge in [-0.1, -0.05) is 42.5 Å². The maximum Gasteiger partial charge on any atom is 0.155 e. The fraction of sp³-hybridized carbons (Fsp3) is 0.176. The van der Waals surface area contributed by atoms with Crippen molar-refractivity contribution in [2.75, 3.05) is 12.8 Å². The summed E-state index contributed by atoms with van der Waals surface area (Å²) in [6.07, 6.45) is 1.01. The highest BCUT2D eigenvalue weighted by Gasteiger charge is 2.13. The van der Waals surface area contributed by atoms with Gasteiger partial charge in [-0.15, -0.1) is 5.10 Å². The highest BCUT2D eigenvalue weighted by Crippen LogP contribution is 2.26. The van der Waals surface area contributed by atoms with Gasteiger partial charge in [0.25, 0.3) is 0 Å². The molecule has 0 unspecified atom stereocenters. The van der Waals surface area contributed by atoms with Crippen LogP contribution in [-0.4, -0.2) is 22.1 Å². The summed E-state index contributed by atoms with van der Waals surface area (Å²) in [6.45, 7) is 2.13. The van der Waals surface area contributed by atoms with E-state index in [4.69, 9.17) is 10.5 Å². The van der Waals surface area contributed by atoms with Crippen LogP contribution in [0.5, 0.6) is 5.75 Å². The van der Waals surface area contributed by atoms with Crippen molar-refractivity contribution < 1.29 is 4.74 Å². The van der Waals surface area contributed by atoms with Gasteiger partial charge in [-0.2, -0.15) is 4.68 Å². The first-order chi connectivity index (χ1) is 10.7. The second kappa shape index (κ2) is 5.89. The number of methoxy groups -OCH3 is 1. The summed E-state index contributed by atoms with van der Waals surface area (Å²) in [6, 6.07) is 15.8. The molecule has 1 heterocycles. The second-order valence-electron chi connectivity index (χ2n) is 4.99. The Kier molecular flexibility index (Phi) is 3.78. The average Bonchev–Trinajstić information content (AvgIpc) is 2.96. The Morgan fingerprint density at radius 3 is 2.59 bits per heavy atom. The van der Waals surface area contributed by atoms with Crippen molar-refractivity contribution in [3.05, 3.63) is 54.1 Å². The molecule has 2 aromatic carbocycles. The molecule has 0 radical (unpaired) electrons. The molecule has 3 rings (SSSR count). The lowest BCUT2D eigenvalue weighted by Gasteiger charge is -2.06. The van der Waals surface area contributed by atoms with Crippen LogP contribution < -0.4 is 10.5 Å². The molecule has 0 aliphatic rings. The molecule has 1 aromatic heterocycles. The summed E-state index contributed by atoms with van der Waals surface area (Å²) < 4.78 is 6.85. The van der Waals surface area contributed by atoms with E-state index >= 15 is 0 Å². The summed E-state index contributed by atoms with van der Waals surface area (Å²) in [5.74, 6) is 1.26. The molecular formula is C17H18N4O. The van der Waals surface area contributed by atoms with E-state index in [1.54, 1.807) is 11.8 Å². The Bertz CT molecular complexity index is 778. The van der Waals surface area contributed by atoms with E-state index in [0.29, 0.717) is 11.5 Å². The summed E-state index contributed by atoms with van der Waals surface area (Å²) in [7, 11) is 1.63. The molecule has 0 aliphatic heterocycles. The maximum absolute atomic E-state index is 6.23. The molecule has 0 bridgehead atoms. The summed E-state index contributed by atoms with van der Waals surface area (Å²) in [4.78, 5) is 0. The topological polar surface area (TPSA) is 66.0 Å². The Labute approximate surface area is 129 Å². The quantitative estimate of drug-likeness (QED) is 0.803. The molecular weight excluding hydrogens is 276 g/mol. The van der Waals surface area contributed by atoms with Crippen LogP contribution in [0.4, 0.5) is 5.82 Å². The van der Waals surface area contributed by atoms with Gasteiger partial charge in [-0.05, 0) is 24.1 Å². The molecule has 0 saturated carbocycles. The minimum Gasteiger partial charge on any atom is -0.497 e. The number of aryl methyl sites for hydroxylation is 1. The minimum atomic E-state index is 0.512. The van der Waals surface area contributed by atoms with Gasteiger partial charge >= 0.3 is 0 Å². The molecule has 112 valence electrons. The maximum atomic E-state index is 6.23. The SMILES string of the molecule is CCc1ccc(-c2nnn(-c3cccc(OC)c3)c2N)cc1. The number of aromatic nitrogens is 3. The van der Waals surface area contributed by atoms with E-state index in [0.717, 1.165) is 23.4 Å². The molecule has 0 spiro atoms. The number of anilines is 1. The number of benzene rings is 2. The number of rotatable bonds is 4. The van der Waals surface area contributed by atoms with E-state index in [9.17, 15) is 0 Å². The van der Waals surface area contributed by atoms with Crippen LogP contribution in [0, 0.1) is 0 Å². The van der Waals surface area contributed by atoms with E-state index in [1.807, 2.05) is 36.4 Å². The summed E-state index contributed by atoms with van der Waals surface area (Å²) in [5.41, 5.74) is 9.97. The molecule has 5 heteroatoms. The number of hydrogen-bond acceptors (Lipinski definition) is 4. The molecule has 0 fully saturated rings. The summed E-state index contributed by atoms with van der Waals surface area (Å²) >= 11 is 0. The van der Waals surface area contributed by atoms with Gasteiger partial charge in [0.2, 0.25) is 0 Å². The molecule has 3 aromatic rings. The Hall–Kier alpha value is -2.82. The average molecular weight is 294 g/mol. The van der Waals surface area contributed by atoms with Crippen molar-refractivity contribution in [2.45, 2.75) is 13.3 Å². The number of nitrogens with two attached hydrogens (primary N) is 1. The van der Waals surface area contributed by atoms with Crippen molar-refractivity contribution >= 4 is 5.82 Å². The van der Waals surface area contributed by atoms with Crippen molar-refractivity contribution in [1.29, 1.82) is 0 Å². The second-order valence-corrected chi connectivity index (χ2v) is 4.99. The fourth-order valence-corrected chi connectivity index (χ4v) is 2.33. The van der Waals surface area contributed by atoms with E-state index in [-0.39, 0.29) is 0 Å². The summed E-state index contributed by atoms with van der Waals surface area (Å²) in [5, 5.41) is 8.39. The highest BCUT2D eigenvalue weighted by atomic mass is 16.5. The van der Waals surface area contributed by atoms with Gasteiger partial charge in [0, 0.05) is 11.6 Å². The largest absolute Gasteiger partial charge is 0.497 e. The normalized spacial score (nSPS) is 10.6. The first kappa shape index (κ1) is 14.1. The van der Waals surface area contributed by atoms with Crippen LogP contribution in [0.3, 0.4) is 0 Å². The van der Waals surface area contributed by atoms with Gasteiger partial charge in [-0.3, -0.25) is 0 Å². The Morgan fingerprint density at radius 2 is 1.91 bits per heavy atom. The first-order valence-electron chi connectivity index (χ1n) is 7.18. The Balaban J connectivity index is 2.00. The molecule has 0 amide bonds. The van der Waals surface area contributed by atoms with Gasteiger partial charge in [-0.25, -0.2) is 0 Å². The number of nitrogens with zero attached hydrogens (tertiary/aromatic N) is 3. The van der Waals surface area contributed by atoms with Crippen molar-refractivity contribution in [3.63, 3.8) is 0 Å². The van der Waals surface area contributed by atoms with Gasteiger partial charge in [0.1, 0.15) is 11.4 Å². The molecule has 0 saturated heterocycles. The first-order valence-corrected chi connectivity index (χ1v) is 7.18. The molecule has 0 aliphatic carbocycles. The van der Waals surface area contributed by atoms with Crippen LogP contribution in [0.1, 0.15) is 12.5 Å². The minimum absolute atomic E-state index is 0.512. The van der Waals surface area contributed by atoms with E-state index in [2.05, 4.69) is 29.4 Å². The van der Waals surface area contributed by atoms with Crippen molar-refractivity contribution in [3.8, 4) is 22.7 Å². The Morgan fingerprint density at radius 1 is 1.14 bits per heavy atom. The van der Waals surface area contributed by atoms with Crippen LogP contribution >= 0.6 is 0 Å². The fourth-order valence-electron chi connectivity index (χ4n) is 2.33. The zero-order chi connectivity index (χ0) is 15.5. The highest BCUT2D eigenvalue weighted by molar-refractivity contribution is 5.71. The lowest BCUT2D eigenvalue weighted by atomic mass is 10.1. The molecule has 22 heavy (non-hydrogen) atoms. The zero-order valence-corrected chi connectivity index (χ0v) is 12.7. The van der Waals surface area contributed by atoms with Crippen molar-refractivity contribution in [2.24, 2.45) is 0 Å². The lowest BCUT2D eigenvalue weighted by molar-refractivity contribution is 0.414. The number of hydrogen-bond donors (Lipinski definition) is 1. The monoisotopic (exact) mass is 294 g/mol. The molecule has 5 nitrogen and oxygen atoms in total. The predicted molar refractivity (Wildman–Crippen MR) is 87.1 cm³/mol. The third-order valence-corrected chi connectivity index (χ3v) is 3.64. The smallest absolute Gasteiger partial charge is 0.155 e. The van der Waals surface area contributed by atoms with Gasteiger partial charge < -0.3 is 10.5 Å². The molecule has 2 N–H and O–H groups in total. The van der Waals surface area contributed by atoms with Crippen LogP contribution in [-0.2, 0) is 6.42 Å². The van der Waals surface area contributed by atoms with Crippen LogP contribution in [0.15, 0.2) is 48.5 Å². The van der Waals surface area contributed by atoms with E-state index in [1.165, 1.54) is 5.56 Å². The number of ether oxygens (including phenoxy) is 1. The van der Waals surface area contributed by atoms with Crippen LogP contribution in [0.25, 0.3) is 16.9 Å². The third-order valence-electron chi connectivity index (χ3n) is 3.64. The molecule has 0 atom stereocenters. The van der Waals surface area contributed by atoms with Gasteiger partial charge in [0.15, 0.2) is 5.82 Å². The van der Waals surface area contributed by atoms with Crippen LogP contribution in [0.2, 0.25) is 0 Å².